The van der Waals surface area contributed by atoms with E-state index in [1.165, 1.54) is 0 Å². The smallest absolute Gasteiger partial charge is 0.245 e. The summed E-state index contributed by atoms with van der Waals surface area (Å²) in [6.45, 7) is 6.48. The number of rotatable bonds is 8. The summed E-state index contributed by atoms with van der Waals surface area (Å²) in [6.07, 6.45) is 13.5. The first-order chi connectivity index (χ1) is 19.1. The summed E-state index contributed by atoms with van der Waals surface area (Å²) >= 11 is 0. The summed E-state index contributed by atoms with van der Waals surface area (Å²) in [6, 6.07) is 10.2. The maximum atomic E-state index is 14.2. The highest BCUT2D eigenvalue weighted by molar-refractivity contribution is 6.04. The van der Waals surface area contributed by atoms with Gasteiger partial charge in [0.15, 0.2) is 11.6 Å². The van der Waals surface area contributed by atoms with Crippen LogP contribution in [0.15, 0.2) is 77.2 Å². The molecule has 2 aliphatic rings. The molecule has 0 radical (unpaired) electrons. The zero-order valence-corrected chi connectivity index (χ0v) is 22.0. The van der Waals surface area contributed by atoms with Crippen LogP contribution in [0.1, 0.15) is 30.2 Å². The maximum Gasteiger partial charge on any atom is 0.245 e. The van der Waals surface area contributed by atoms with Crippen LogP contribution >= 0.6 is 0 Å². The van der Waals surface area contributed by atoms with E-state index in [-0.39, 0.29) is 17.7 Å². The van der Waals surface area contributed by atoms with Gasteiger partial charge in [0, 0.05) is 30.9 Å². The van der Waals surface area contributed by atoms with Gasteiger partial charge in [0.05, 0.1) is 48.9 Å². The minimum atomic E-state index is -0.474. The SMILES string of the molecule is CCC1C=CC=CN=C1c1cc(C)cc(Nc2ccc(/C=N/Nc3ncc(F)c(N4CCOCC4)n3)nc2)c1. The topological polar surface area (TPSA) is 99.9 Å². The number of hydrazone groups is 1. The molecule has 1 atom stereocenters. The Morgan fingerprint density at radius 1 is 1.10 bits per heavy atom. The van der Waals surface area contributed by atoms with Crippen LogP contribution in [0.4, 0.5) is 27.5 Å². The lowest BCUT2D eigenvalue weighted by atomic mass is 9.92. The van der Waals surface area contributed by atoms with Crippen molar-refractivity contribution in [1.29, 1.82) is 0 Å². The Balaban J connectivity index is 1.23. The van der Waals surface area contributed by atoms with Crippen LogP contribution in [0.3, 0.4) is 0 Å². The fraction of sp³-hybridized carbons (Fsp3) is 0.276. The van der Waals surface area contributed by atoms with E-state index in [2.05, 4.69) is 75.0 Å². The second-order valence-corrected chi connectivity index (χ2v) is 9.27. The molecule has 9 nitrogen and oxygen atoms in total. The van der Waals surface area contributed by atoms with Crippen LogP contribution in [0.2, 0.25) is 0 Å². The molecular weight excluding hydrogens is 495 g/mol. The van der Waals surface area contributed by atoms with Gasteiger partial charge in [0.2, 0.25) is 5.95 Å². The molecular formula is C29H31FN8O. The standard InChI is InChI=1S/C29H31FN8O/c1-3-21-6-4-5-9-31-27(21)22-14-20(2)15-25(16-22)35-24-8-7-23(32-17-24)18-34-37-29-33-19-26(30)28(36-29)38-10-12-39-13-11-38/h4-9,14-19,21,35H,3,10-13H2,1-2H3,(H,33,36,37)/b34-18+. The lowest BCUT2D eigenvalue weighted by molar-refractivity contribution is 0.122. The highest BCUT2D eigenvalue weighted by Crippen LogP contribution is 2.24. The van der Waals surface area contributed by atoms with Gasteiger partial charge >= 0.3 is 0 Å². The molecule has 39 heavy (non-hydrogen) atoms. The molecule has 0 saturated carbocycles. The number of pyridine rings is 1. The molecule has 4 heterocycles. The van der Waals surface area contributed by atoms with E-state index >= 15 is 0 Å². The first kappa shape index (κ1) is 26.2. The molecule has 0 spiro atoms. The number of nitrogens with one attached hydrogen (secondary N) is 2. The van der Waals surface area contributed by atoms with E-state index in [1.807, 2.05) is 29.3 Å². The summed E-state index contributed by atoms with van der Waals surface area (Å²) in [5.41, 5.74) is 8.53. The van der Waals surface area contributed by atoms with Crippen LogP contribution in [0.5, 0.6) is 0 Å². The molecule has 200 valence electrons. The van der Waals surface area contributed by atoms with Crippen LogP contribution in [0.25, 0.3) is 0 Å². The Bertz CT molecular complexity index is 1410. The molecule has 2 aliphatic heterocycles. The van der Waals surface area contributed by atoms with Gasteiger partial charge in [-0.25, -0.2) is 14.8 Å². The van der Waals surface area contributed by atoms with Gasteiger partial charge in [-0.15, -0.1) is 0 Å². The lowest BCUT2D eigenvalue weighted by Gasteiger charge is -2.27. The van der Waals surface area contributed by atoms with E-state index in [0.717, 1.165) is 40.8 Å². The summed E-state index contributed by atoms with van der Waals surface area (Å²) in [5.74, 6) is 0.244. The van der Waals surface area contributed by atoms with Crippen LogP contribution in [0, 0.1) is 18.7 Å². The van der Waals surface area contributed by atoms with Gasteiger partial charge in [-0.1, -0.05) is 25.1 Å². The third-order valence-electron chi connectivity index (χ3n) is 6.39. The van der Waals surface area contributed by atoms with E-state index in [1.54, 1.807) is 12.4 Å². The van der Waals surface area contributed by atoms with Gasteiger partial charge in [0.25, 0.3) is 0 Å². The van der Waals surface area contributed by atoms with E-state index in [0.29, 0.717) is 32.0 Å². The number of benzene rings is 1. The molecule has 1 unspecified atom stereocenters. The van der Waals surface area contributed by atoms with Crippen molar-refractivity contribution in [3.63, 3.8) is 0 Å². The van der Waals surface area contributed by atoms with Gasteiger partial charge in [-0.3, -0.25) is 9.98 Å². The zero-order chi connectivity index (χ0) is 27.0. The molecule has 1 saturated heterocycles. The van der Waals surface area contributed by atoms with Crippen molar-refractivity contribution in [2.24, 2.45) is 16.0 Å². The number of aryl methyl sites for hydroxylation is 1. The molecule has 2 N–H and O–H groups in total. The minimum Gasteiger partial charge on any atom is -0.378 e. The van der Waals surface area contributed by atoms with Gasteiger partial charge in [0.1, 0.15) is 0 Å². The number of anilines is 4. The Morgan fingerprint density at radius 2 is 1.97 bits per heavy atom. The van der Waals surface area contributed by atoms with Crippen molar-refractivity contribution in [1.82, 2.24) is 15.0 Å². The van der Waals surface area contributed by atoms with Crippen LogP contribution in [-0.2, 0) is 4.74 Å². The fourth-order valence-corrected chi connectivity index (χ4v) is 4.47. The summed E-state index contributed by atoms with van der Waals surface area (Å²) in [5, 5.41) is 7.61. The number of morpholine rings is 1. The molecule has 10 heteroatoms. The second-order valence-electron chi connectivity index (χ2n) is 9.27. The van der Waals surface area contributed by atoms with E-state index < -0.39 is 5.82 Å². The first-order valence-corrected chi connectivity index (χ1v) is 13.0. The monoisotopic (exact) mass is 526 g/mol. The minimum absolute atomic E-state index is 0.206. The Morgan fingerprint density at radius 3 is 2.77 bits per heavy atom. The Kier molecular flexibility index (Phi) is 8.33. The van der Waals surface area contributed by atoms with Gasteiger partial charge in [-0.05, 0) is 54.8 Å². The first-order valence-electron chi connectivity index (χ1n) is 13.0. The average molecular weight is 527 g/mol. The number of aliphatic imine (C=N–C) groups is 1. The van der Waals surface area contributed by atoms with Gasteiger partial charge in [-0.2, -0.15) is 10.1 Å². The number of nitrogens with zero attached hydrogens (tertiary/aromatic N) is 6. The number of hydrogen-bond acceptors (Lipinski definition) is 9. The highest BCUT2D eigenvalue weighted by atomic mass is 19.1. The average Bonchev–Trinajstić information content (AvgIpc) is 3.21. The van der Waals surface area contributed by atoms with Crippen LogP contribution in [-0.4, -0.2) is 53.2 Å². The third kappa shape index (κ3) is 6.71. The number of allylic oxidation sites excluding steroid dienone is 3. The van der Waals surface area contributed by atoms with Crippen LogP contribution < -0.4 is 15.6 Å². The number of aromatic nitrogens is 3. The predicted octanol–water partition coefficient (Wildman–Crippen LogP) is 5.24. The number of halogens is 1. The fourth-order valence-electron chi connectivity index (χ4n) is 4.47. The Labute approximate surface area is 227 Å². The highest BCUT2D eigenvalue weighted by Gasteiger charge is 2.18. The number of ether oxygens (including phenoxy) is 1. The van der Waals surface area contributed by atoms with Crippen molar-refractivity contribution in [3.8, 4) is 0 Å². The quantitative estimate of drug-likeness (QED) is 0.306. The summed E-state index contributed by atoms with van der Waals surface area (Å²) in [7, 11) is 0. The molecule has 5 rings (SSSR count). The molecule has 1 fully saturated rings. The van der Waals surface area contributed by atoms with Crippen molar-refractivity contribution < 1.29 is 9.13 Å². The lowest BCUT2D eigenvalue weighted by Crippen LogP contribution is -2.37. The molecule has 0 bridgehead atoms. The van der Waals surface area contributed by atoms with Crippen molar-refractivity contribution >= 4 is 35.1 Å². The predicted molar refractivity (Wildman–Crippen MR) is 154 cm³/mol. The molecule has 2 aromatic heterocycles. The third-order valence-corrected chi connectivity index (χ3v) is 6.39. The van der Waals surface area contributed by atoms with Crippen molar-refractivity contribution in [2.45, 2.75) is 20.3 Å². The maximum absolute atomic E-state index is 14.2. The number of hydrogen-bond donors (Lipinski definition) is 2. The summed E-state index contributed by atoms with van der Waals surface area (Å²) in [4.78, 5) is 19.2. The van der Waals surface area contributed by atoms with E-state index in [4.69, 9.17) is 9.73 Å². The largest absolute Gasteiger partial charge is 0.378 e. The molecule has 0 amide bonds. The Hall–Kier alpha value is -4.44. The summed E-state index contributed by atoms with van der Waals surface area (Å²) < 4.78 is 19.6. The van der Waals surface area contributed by atoms with Crippen molar-refractivity contribution in [2.75, 3.05) is 41.9 Å². The zero-order valence-electron chi connectivity index (χ0n) is 22.0. The molecule has 1 aromatic carbocycles. The molecule has 3 aromatic rings. The second kappa shape index (κ2) is 12.4. The molecule has 0 aliphatic carbocycles. The van der Waals surface area contributed by atoms with Gasteiger partial charge < -0.3 is 15.0 Å². The van der Waals surface area contributed by atoms with E-state index in [9.17, 15) is 4.39 Å². The van der Waals surface area contributed by atoms with Crippen molar-refractivity contribution in [3.05, 3.63) is 89.8 Å². The normalized spacial score (nSPS) is 17.3.